The van der Waals surface area contributed by atoms with Crippen molar-refractivity contribution in [3.05, 3.63) is 0 Å². The van der Waals surface area contributed by atoms with E-state index in [4.69, 9.17) is 22.9 Å². The average Bonchev–Trinajstić information content (AvgIpc) is 3.28. The number of hydrogen-bond acceptors (Lipinski definition) is 14. The van der Waals surface area contributed by atoms with Crippen LogP contribution >= 0.6 is 0 Å². The Bertz CT molecular complexity index is 1550. The Kier molecular flexibility index (Phi) is 34.3. The quantitative estimate of drug-likeness (QED) is 0.0282. The van der Waals surface area contributed by atoms with Gasteiger partial charge >= 0.3 is 0 Å². The van der Waals surface area contributed by atoms with Gasteiger partial charge in [0.15, 0.2) is 0 Å². The fraction of sp³-hybridized carbons (Fsp3) is 0.800. The lowest BCUT2D eigenvalue weighted by atomic mass is 10.00. The molecule has 0 unspecified atom stereocenters. The van der Waals surface area contributed by atoms with Gasteiger partial charge in [-0.2, -0.15) is 0 Å². The first-order chi connectivity index (χ1) is 32.3. The van der Waals surface area contributed by atoms with Crippen LogP contribution in [0.2, 0.25) is 0 Å². The van der Waals surface area contributed by atoms with Gasteiger partial charge in [0.05, 0.1) is 12.6 Å². The van der Waals surface area contributed by atoms with Crippen molar-refractivity contribution in [1.29, 1.82) is 0 Å². The fourth-order valence-corrected chi connectivity index (χ4v) is 6.98. The number of unbranched alkanes of at least 4 members (excludes halogenated alkanes) is 5. The maximum absolute atomic E-state index is 14.1. The molecule has 68 heavy (non-hydrogen) atoms. The summed E-state index contributed by atoms with van der Waals surface area (Å²) in [7, 11) is 0. The van der Waals surface area contributed by atoms with Gasteiger partial charge in [0.25, 0.3) is 0 Å². The Labute approximate surface area is 402 Å². The van der Waals surface area contributed by atoms with Gasteiger partial charge in [-0.25, -0.2) is 0 Å². The number of hydrogen-bond donors (Lipinski definition) is 14. The standard InChI is InChI=1S/C45H87N13O10/c1-7-10-11-12-13-14-16-30(54-41(64)32(18-22-47)53-37(61)27-51-39(62)31(17-21-46)52-36(60)15-8-2)40(63)57-35(26-28(4)5)44(67)56-33(19-23-48)42(65)55-34(20-24-49)43(66)58-38(29(6)59)45(68)50-25-9-3/h28-35,38,59H,7-27,46-49H2,1-6H3,(H,50,68)(H,51,62)(H,52,60)(H,53,61)(H,54,64)(H,55,65)(H,56,67)(H,57,63)(H,58,66)/t29-,30-,31+,32+,33+,34+,35+,38+/m1/s1. The molecule has 392 valence electrons. The largest absolute Gasteiger partial charge is 0.391 e. The Balaban J connectivity index is 6.31. The molecule has 0 saturated heterocycles. The van der Waals surface area contributed by atoms with Crippen molar-refractivity contribution >= 4 is 53.2 Å². The van der Waals surface area contributed by atoms with E-state index in [9.17, 15) is 48.3 Å². The minimum atomic E-state index is -1.32. The third-order valence-corrected chi connectivity index (χ3v) is 10.7. The summed E-state index contributed by atoms with van der Waals surface area (Å²) in [5.41, 5.74) is 23.1. The summed E-state index contributed by atoms with van der Waals surface area (Å²) in [6.07, 6.45) is 5.69. The van der Waals surface area contributed by atoms with E-state index in [2.05, 4.69) is 54.8 Å². The van der Waals surface area contributed by atoms with Crippen molar-refractivity contribution in [2.24, 2.45) is 28.9 Å². The first-order valence-electron chi connectivity index (χ1n) is 24.5. The van der Waals surface area contributed by atoms with Gasteiger partial charge in [-0.1, -0.05) is 73.1 Å². The van der Waals surface area contributed by atoms with Gasteiger partial charge in [-0.05, 0) is 90.4 Å². The molecule has 0 rings (SSSR count). The van der Waals surface area contributed by atoms with E-state index in [0.29, 0.717) is 25.8 Å². The number of rotatable bonds is 38. The Morgan fingerprint density at radius 2 is 0.838 bits per heavy atom. The number of carbonyl (C=O) groups excluding carboxylic acids is 9. The van der Waals surface area contributed by atoms with Crippen LogP contribution in [-0.2, 0) is 43.2 Å². The Hall–Kier alpha value is -4.97. The molecule has 0 heterocycles. The third-order valence-electron chi connectivity index (χ3n) is 10.7. The van der Waals surface area contributed by atoms with Crippen molar-refractivity contribution in [2.75, 3.05) is 39.3 Å². The molecular weight excluding hydrogens is 883 g/mol. The third kappa shape index (κ3) is 26.5. The van der Waals surface area contributed by atoms with E-state index in [0.717, 1.165) is 32.1 Å². The summed E-state index contributed by atoms with van der Waals surface area (Å²) in [5.74, 6) is -6.18. The molecule has 0 radical (unpaired) electrons. The molecule has 0 fully saturated rings. The molecule has 0 aromatic rings. The lowest BCUT2D eigenvalue weighted by Gasteiger charge is -2.28. The van der Waals surface area contributed by atoms with E-state index in [1.165, 1.54) is 6.92 Å². The number of aliphatic hydroxyl groups excluding tert-OH is 1. The van der Waals surface area contributed by atoms with E-state index in [-0.39, 0.29) is 82.9 Å². The van der Waals surface area contributed by atoms with Gasteiger partial charge in [-0.3, -0.25) is 43.2 Å². The molecule has 23 nitrogen and oxygen atoms in total. The lowest BCUT2D eigenvalue weighted by Crippen LogP contribution is -2.61. The SMILES string of the molecule is CCCCCCCC[C@@H](NC(=O)[C@H](CCN)NC(=O)CNC(=O)[C@H](CCN)NC(=O)CCC)C(=O)N[C@@H](CC(C)C)C(=O)N[C@@H](CCN)C(=O)N[C@@H](CCN)C(=O)N[C@H](C(=O)NCCC)[C@@H](C)O. The maximum Gasteiger partial charge on any atom is 0.245 e. The highest BCUT2D eigenvalue weighted by Gasteiger charge is 2.34. The minimum Gasteiger partial charge on any atom is -0.391 e. The molecule has 0 bridgehead atoms. The summed E-state index contributed by atoms with van der Waals surface area (Å²) < 4.78 is 0. The molecule has 0 aromatic carbocycles. The van der Waals surface area contributed by atoms with E-state index in [1.54, 1.807) is 0 Å². The molecule has 23 heteroatoms. The zero-order chi connectivity index (χ0) is 51.6. The van der Waals surface area contributed by atoms with Crippen molar-refractivity contribution in [3.8, 4) is 0 Å². The second kappa shape index (κ2) is 37.0. The fourth-order valence-electron chi connectivity index (χ4n) is 6.98. The molecule has 8 atom stereocenters. The van der Waals surface area contributed by atoms with Crippen LogP contribution in [0.1, 0.15) is 138 Å². The highest BCUT2D eigenvalue weighted by molar-refractivity contribution is 5.97. The maximum atomic E-state index is 14.1. The highest BCUT2D eigenvalue weighted by atomic mass is 16.3. The molecule has 0 saturated carbocycles. The number of amides is 9. The number of carbonyl (C=O) groups is 9. The average molecular weight is 970 g/mol. The second-order valence-electron chi connectivity index (χ2n) is 17.5. The Morgan fingerprint density at radius 1 is 0.426 bits per heavy atom. The predicted octanol–water partition coefficient (Wildman–Crippen LogP) is -2.60. The normalized spacial score (nSPS) is 14.6. The smallest absolute Gasteiger partial charge is 0.245 e. The molecular formula is C45H87N13O10. The van der Waals surface area contributed by atoms with Crippen LogP contribution in [0.5, 0.6) is 0 Å². The summed E-state index contributed by atoms with van der Waals surface area (Å²) >= 11 is 0. The summed E-state index contributed by atoms with van der Waals surface area (Å²) in [5, 5.41) is 33.7. The molecule has 0 aliphatic heterocycles. The van der Waals surface area contributed by atoms with Crippen LogP contribution in [-0.4, -0.2) is 146 Å². The van der Waals surface area contributed by atoms with Crippen molar-refractivity contribution in [2.45, 2.75) is 186 Å². The van der Waals surface area contributed by atoms with E-state index in [1.807, 2.05) is 27.7 Å². The monoisotopic (exact) mass is 970 g/mol. The zero-order valence-electron chi connectivity index (χ0n) is 41.5. The summed E-state index contributed by atoms with van der Waals surface area (Å²) in [6.45, 7) is 10.5. The van der Waals surface area contributed by atoms with Gasteiger partial charge in [-0.15, -0.1) is 0 Å². The zero-order valence-corrected chi connectivity index (χ0v) is 41.5. The number of nitrogens with two attached hydrogens (primary N) is 4. The van der Waals surface area contributed by atoms with Crippen LogP contribution in [0, 0.1) is 5.92 Å². The number of nitrogens with one attached hydrogen (secondary N) is 9. The van der Waals surface area contributed by atoms with Crippen LogP contribution < -0.4 is 70.8 Å². The first-order valence-corrected chi connectivity index (χ1v) is 24.5. The van der Waals surface area contributed by atoms with Crippen molar-refractivity contribution in [3.63, 3.8) is 0 Å². The van der Waals surface area contributed by atoms with Crippen LogP contribution in [0.4, 0.5) is 0 Å². The molecule has 0 aliphatic rings. The Morgan fingerprint density at radius 3 is 1.29 bits per heavy atom. The molecule has 0 aromatic heterocycles. The first kappa shape index (κ1) is 63.0. The molecule has 0 spiro atoms. The van der Waals surface area contributed by atoms with Crippen LogP contribution in [0.15, 0.2) is 0 Å². The topological polar surface area (TPSA) is 386 Å². The van der Waals surface area contributed by atoms with E-state index >= 15 is 0 Å². The molecule has 18 N–H and O–H groups in total. The van der Waals surface area contributed by atoms with Gasteiger partial charge in [0, 0.05) is 13.0 Å². The molecule has 0 aliphatic carbocycles. The minimum absolute atomic E-state index is 0.0219. The van der Waals surface area contributed by atoms with Gasteiger partial charge in [0.1, 0.15) is 42.3 Å². The summed E-state index contributed by atoms with van der Waals surface area (Å²) in [4.78, 5) is 120. The second-order valence-corrected chi connectivity index (χ2v) is 17.5. The van der Waals surface area contributed by atoms with E-state index < -0.39 is 102 Å². The summed E-state index contributed by atoms with van der Waals surface area (Å²) in [6, 6.07) is -8.39. The highest BCUT2D eigenvalue weighted by Crippen LogP contribution is 2.12. The number of aliphatic hydroxyl groups is 1. The van der Waals surface area contributed by atoms with Gasteiger partial charge < -0.3 is 75.9 Å². The van der Waals surface area contributed by atoms with Crippen LogP contribution in [0.3, 0.4) is 0 Å². The molecule has 9 amide bonds. The van der Waals surface area contributed by atoms with Gasteiger partial charge in [0.2, 0.25) is 53.2 Å². The lowest BCUT2D eigenvalue weighted by molar-refractivity contribution is -0.136. The van der Waals surface area contributed by atoms with Crippen LogP contribution in [0.25, 0.3) is 0 Å². The van der Waals surface area contributed by atoms with Crippen molar-refractivity contribution < 1.29 is 48.3 Å². The predicted molar refractivity (Wildman–Crippen MR) is 259 cm³/mol. The van der Waals surface area contributed by atoms with Crippen molar-refractivity contribution in [1.82, 2.24) is 47.9 Å².